The first-order chi connectivity index (χ1) is 6.41. The van der Waals surface area contributed by atoms with Crippen LogP contribution >= 0.6 is 0 Å². The summed E-state index contributed by atoms with van der Waals surface area (Å²) in [7, 11) is 0. The van der Waals surface area contributed by atoms with Gasteiger partial charge in [0, 0.05) is 0 Å². The molecule has 0 fully saturated rings. The predicted octanol–water partition coefficient (Wildman–Crippen LogP) is 1.75. The van der Waals surface area contributed by atoms with Crippen LogP contribution in [0.5, 0.6) is 0 Å². The van der Waals surface area contributed by atoms with Gasteiger partial charge >= 0.3 is 23.1 Å². The molecule has 0 aromatic rings. The van der Waals surface area contributed by atoms with E-state index in [2.05, 4.69) is 20.3 Å². The zero-order chi connectivity index (χ0) is 9.78. The fourth-order valence-corrected chi connectivity index (χ4v) is 1.58. The Balaban J connectivity index is -0.000000720. The summed E-state index contributed by atoms with van der Waals surface area (Å²) in [6, 6.07) is 0. The van der Waals surface area contributed by atoms with Gasteiger partial charge in [-0.1, -0.05) is 65.2 Å². The van der Waals surface area contributed by atoms with Crippen LogP contribution < -0.4 is 12.4 Å². The van der Waals surface area contributed by atoms with E-state index in [-0.39, 0.29) is 35.5 Å². The fraction of sp³-hybridized carbons (Fsp3) is 0.923. The van der Waals surface area contributed by atoms with Crippen LogP contribution in [0.25, 0.3) is 0 Å². The van der Waals surface area contributed by atoms with Gasteiger partial charge in [-0.15, -0.1) is 0 Å². The molecule has 0 atom stereocenters. The third-order valence-corrected chi connectivity index (χ3v) is 2.52. The quantitative estimate of drug-likeness (QED) is 0.311. The average molecular weight is 243 g/mol. The maximum atomic E-state index is 2.49. The Kier molecular flexibility index (Phi) is 29.1. The van der Waals surface area contributed by atoms with E-state index in [1.54, 1.807) is 0 Å². The maximum absolute atomic E-state index is 2.49. The van der Waals surface area contributed by atoms with Gasteiger partial charge in [0.2, 0.25) is 0 Å². The molecular formula is C13H27ClMg. The summed E-state index contributed by atoms with van der Waals surface area (Å²) in [5.41, 5.74) is 0. The largest absolute Gasteiger partial charge is 2.00 e. The molecule has 0 rings (SSSR count). The molecule has 0 amide bonds. The SMILES string of the molecule is CCCCCC[CH-]CCCCCC.[Cl-].[Mg+2]. The number of rotatable bonds is 10. The van der Waals surface area contributed by atoms with E-state index in [0.717, 1.165) is 0 Å². The van der Waals surface area contributed by atoms with Crippen molar-refractivity contribution in [3.05, 3.63) is 6.42 Å². The van der Waals surface area contributed by atoms with E-state index < -0.39 is 0 Å². The van der Waals surface area contributed by atoms with Crippen LogP contribution in [-0.4, -0.2) is 23.1 Å². The third-order valence-electron chi connectivity index (χ3n) is 2.52. The van der Waals surface area contributed by atoms with Crippen molar-refractivity contribution in [3.8, 4) is 0 Å². The van der Waals surface area contributed by atoms with Crippen molar-refractivity contribution >= 4 is 23.1 Å². The minimum absolute atomic E-state index is 0. The molecule has 88 valence electrons. The van der Waals surface area contributed by atoms with E-state index in [0.29, 0.717) is 0 Å². The van der Waals surface area contributed by atoms with E-state index in [1.165, 1.54) is 64.2 Å². The summed E-state index contributed by atoms with van der Waals surface area (Å²) in [6.45, 7) is 4.54. The topological polar surface area (TPSA) is 0 Å². The van der Waals surface area contributed by atoms with Gasteiger partial charge < -0.3 is 18.8 Å². The van der Waals surface area contributed by atoms with Gasteiger partial charge in [-0.3, -0.25) is 0 Å². The van der Waals surface area contributed by atoms with Gasteiger partial charge in [-0.2, -0.15) is 12.8 Å². The molecule has 0 saturated heterocycles. The summed E-state index contributed by atoms with van der Waals surface area (Å²) in [6.07, 6.45) is 16.5. The van der Waals surface area contributed by atoms with Gasteiger partial charge in [0.1, 0.15) is 0 Å². The Morgan fingerprint density at radius 3 is 1.40 bits per heavy atom. The number of unbranched alkanes of at least 4 members (excludes halogenated alkanes) is 10. The maximum Gasteiger partial charge on any atom is 2.00 e. The number of hydrogen-bond acceptors (Lipinski definition) is 0. The molecule has 0 bridgehead atoms. The number of halogens is 1. The molecule has 0 N–H and O–H groups in total. The Hall–Kier alpha value is 1.06. The molecule has 15 heavy (non-hydrogen) atoms. The second kappa shape index (κ2) is 20.5. The molecule has 2 heteroatoms. The van der Waals surface area contributed by atoms with E-state index >= 15 is 0 Å². The third kappa shape index (κ3) is 21.0. The number of hydrogen-bond donors (Lipinski definition) is 0. The van der Waals surface area contributed by atoms with Crippen LogP contribution in [0, 0.1) is 6.42 Å². The van der Waals surface area contributed by atoms with E-state index in [4.69, 9.17) is 0 Å². The van der Waals surface area contributed by atoms with Gasteiger partial charge in [0.05, 0.1) is 0 Å². The second-order valence-electron chi connectivity index (χ2n) is 3.99. The van der Waals surface area contributed by atoms with Gasteiger partial charge in [0.25, 0.3) is 0 Å². The van der Waals surface area contributed by atoms with Crippen LogP contribution in [0.15, 0.2) is 0 Å². The first kappa shape index (κ1) is 21.4. The predicted molar refractivity (Wildman–Crippen MR) is 67.6 cm³/mol. The fourth-order valence-electron chi connectivity index (χ4n) is 1.58. The van der Waals surface area contributed by atoms with Gasteiger partial charge in [0.15, 0.2) is 0 Å². The minimum Gasteiger partial charge on any atom is -1.00 e. The molecule has 0 aromatic heterocycles. The summed E-state index contributed by atoms with van der Waals surface area (Å²) < 4.78 is 0. The molecule has 0 nitrogen and oxygen atoms in total. The summed E-state index contributed by atoms with van der Waals surface area (Å²) in [5.74, 6) is 0. The van der Waals surface area contributed by atoms with Crippen molar-refractivity contribution < 1.29 is 12.4 Å². The molecule has 0 spiro atoms. The van der Waals surface area contributed by atoms with Crippen molar-refractivity contribution in [1.29, 1.82) is 0 Å². The van der Waals surface area contributed by atoms with Crippen molar-refractivity contribution in [2.75, 3.05) is 0 Å². The standard InChI is InChI=1S/C13H27.ClH.Mg/c1-3-5-7-9-11-13-12-10-8-6-4-2;;/h13H,3-12H2,1-2H3;1H;/q-1;;+2/p-1. The normalized spacial score (nSPS) is 9.20. The molecule has 0 radical (unpaired) electrons. The van der Waals surface area contributed by atoms with Crippen LogP contribution in [0.2, 0.25) is 0 Å². The Bertz CT molecular complexity index is 76.6. The zero-order valence-corrected chi connectivity index (χ0v) is 12.9. The smallest absolute Gasteiger partial charge is 1.00 e. The van der Waals surface area contributed by atoms with Crippen LogP contribution in [-0.2, 0) is 0 Å². The molecule has 0 saturated carbocycles. The summed E-state index contributed by atoms with van der Waals surface area (Å²) >= 11 is 0. The molecule has 0 heterocycles. The molecule has 0 aliphatic rings. The second-order valence-corrected chi connectivity index (χ2v) is 3.99. The van der Waals surface area contributed by atoms with Crippen molar-refractivity contribution in [2.45, 2.75) is 78.1 Å². The van der Waals surface area contributed by atoms with Crippen molar-refractivity contribution in [1.82, 2.24) is 0 Å². The van der Waals surface area contributed by atoms with Crippen molar-refractivity contribution in [2.24, 2.45) is 0 Å². The van der Waals surface area contributed by atoms with Crippen LogP contribution in [0.1, 0.15) is 78.1 Å². The van der Waals surface area contributed by atoms with Crippen molar-refractivity contribution in [3.63, 3.8) is 0 Å². The Labute approximate surface area is 120 Å². The van der Waals surface area contributed by atoms with E-state index in [9.17, 15) is 0 Å². The van der Waals surface area contributed by atoms with Gasteiger partial charge in [-0.25, -0.2) is 0 Å². The molecular weight excluding hydrogens is 216 g/mol. The first-order valence-corrected chi connectivity index (χ1v) is 6.23. The molecule has 0 aromatic carbocycles. The Morgan fingerprint density at radius 2 is 1.07 bits per heavy atom. The zero-order valence-electron chi connectivity index (χ0n) is 10.7. The van der Waals surface area contributed by atoms with Crippen LogP contribution in [0.4, 0.5) is 0 Å². The monoisotopic (exact) mass is 242 g/mol. The minimum atomic E-state index is 0. The summed E-state index contributed by atoms with van der Waals surface area (Å²) in [5, 5.41) is 0. The Morgan fingerprint density at radius 1 is 0.667 bits per heavy atom. The van der Waals surface area contributed by atoms with Gasteiger partial charge in [-0.05, 0) is 0 Å². The average Bonchev–Trinajstić information content (AvgIpc) is 2.16. The summed E-state index contributed by atoms with van der Waals surface area (Å²) in [4.78, 5) is 0. The van der Waals surface area contributed by atoms with Crippen LogP contribution in [0.3, 0.4) is 0 Å². The molecule has 0 aliphatic heterocycles. The molecule has 0 unspecified atom stereocenters. The van der Waals surface area contributed by atoms with E-state index in [1.807, 2.05) is 0 Å². The molecule has 0 aliphatic carbocycles. The first-order valence-electron chi connectivity index (χ1n) is 6.23.